The topological polar surface area (TPSA) is 86.0 Å². The monoisotopic (exact) mass is 299 g/mol. The van der Waals surface area contributed by atoms with Gasteiger partial charge in [-0.2, -0.15) is 0 Å². The van der Waals surface area contributed by atoms with Crippen LogP contribution < -0.4 is 10.1 Å². The first-order valence-corrected chi connectivity index (χ1v) is 6.88. The van der Waals surface area contributed by atoms with Crippen LogP contribution in [0.15, 0.2) is 48.5 Å². The zero-order chi connectivity index (χ0) is 15.7. The Kier molecular flexibility index (Phi) is 3.60. The molecule has 6 nitrogen and oxygen atoms in total. The lowest BCUT2D eigenvalue weighted by Gasteiger charge is -2.00. The van der Waals surface area contributed by atoms with Crippen LogP contribution >= 0.6 is 0 Å². The minimum Gasteiger partial charge on any atom is -0.497 e. The van der Waals surface area contributed by atoms with Crippen molar-refractivity contribution in [3.05, 3.63) is 69.8 Å². The molecule has 2 aromatic carbocycles. The molecule has 22 heavy (non-hydrogen) atoms. The molecule has 0 aromatic heterocycles. The highest BCUT2D eigenvalue weighted by molar-refractivity contribution is 6.00. The molecule has 0 aliphatic carbocycles. The SMILES string of the molecule is COc1ccc(C(=O)[C@@H]2[NH2+][C@@H]2c2ccccc2[N+](=O)[O-])cc1. The number of benzene rings is 2. The summed E-state index contributed by atoms with van der Waals surface area (Å²) >= 11 is 0. The van der Waals surface area contributed by atoms with Crippen molar-refractivity contribution in [2.24, 2.45) is 0 Å². The van der Waals surface area contributed by atoms with E-state index in [1.165, 1.54) is 6.07 Å². The van der Waals surface area contributed by atoms with E-state index in [1.807, 2.05) is 5.32 Å². The van der Waals surface area contributed by atoms with Crippen LogP contribution in [0, 0.1) is 10.1 Å². The second-order valence-electron chi connectivity index (χ2n) is 5.15. The molecular weight excluding hydrogens is 284 g/mol. The second-order valence-corrected chi connectivity index (χ2v) is 5.15. The number of rotatable bonds is 5. The molecule has 2 atom stereocenters. The second kappa shape index (κ2) is 5.57. The largest absolute Gasteiger partial charge is 0.497 e. The first kappa shape index (κ1) is 14.2. The first-order valence-electron chi connectivity index (χ1n) is 6.88. The fourth-order valence-electron chi connectivity index (χ4n) is 2.59. The zero-order valence-corrected chi connectivity index (χ0v) is 11.9. The molecule has 0 saturated carbocycles. The van der Waals surface area contributed by atoms with Gasteiger partial charge in [-0.15, -0.1) is 0 Å². The molecule has 112 valence electrons. The maximum atomic E-state index is 12.4. The molecule has 0 unspecified atom stereocenters. The summed E-state index contributed by atoms with van der Waals surface area (Å²) in [4.78, 5) is 23.1. The summed E-state index contributed by atoms with van der Waals surface area (Å²) in [5, 5.41) is 12.9. The van der Waals surface area contributed by atoms with E-state index < -0.39 is 4.92 Å². The number of carbonyl (C=O) groups excluding carboxylic acids is 1. The zero-order valence-electron chi connectivity index (χ0n) is 11.9. The van der Waals surface area contributed by atoms with Gasteiger partial charge in [-0.25, -0.2) is 0 Å². The molecule has 2 N–H and O–H groups in total. The average molecular weight is 299 g/mol. The minimum absolute atomic E-state index is 0.0224. The van der Waals surface area contributed by atoms with Crippen molar-refractivity contribution in [1.82, 2.24) is 0 Å². The van der Waals surface area contributed by atoms with Crippen LogP contribution in [0.25, 0.3) is 0 Å². The highest BCUT2D eigenvalue weighted by Gasteiger charge is 2.52. The highest BCUT2D eigenvalue weighted by atomic mass is 16.6. The van der Waals surface area contributed by atoms with Gasteiger partial charge in [0.25, 0.3) is 5.69 Å². The van der Waals surface area contributed by atoms with Gasteiger partial charge >= 0.3 is 0 Å². The molecule has 2 aromatic rings. The number of carbonyl (C=O) groups is 1. The molecule has 0 bridgehead atoms. The number of nitrogens with zero attached hydrogens (tertiary/aromatic N) is 1. The number of methoxy groups -OCH3 is 1. The number of Topliss-reactive ketones (excluding diaryl/α,β-unsaturated/α-hetero) is 1. The van der Waals surface area contributed by atoms with Gasteiger partial charge in [-0.3, -0.25) is 14.9 Å². The summed E-state index contributed by atoms with van der Waals surface area (Å²) in [6.45, 7) is 0. The lowest BCUT2D eigenvalue weighted by molar-refractivity contribution is -0.512. The predicted molar refractivity (Wildman–Crippen MR) is 78.9 cm³/mol. The van der Waals surface area contributed by atoms with Crippen LogP contribution in [-0.2, 0) is 0 Å². The number of hydrogen-bond donors (Lipinski definition) is 1. The normalized spacial score (nSPS) is 19.5. The van der Waals surface area contributed by atoms with E-state index in [-0.39, 0.29) is 23.6 Å². The summed E-state index contributed by atoms with van der Waals surface area (Å²) < 4.78 is 5.06. The van der Waals surface area contributed by atoms with Crippen molar-refractivity contribution in [2.45, 2.75) is 12.1 Å². The Hall–Kier alpha value is -2.73. The number of para-hydroxylation sites is 1. The standard InChI is InChI=1S/C16H14N2O4/c1-22-11-8-6-10(7-9-11)16(19)15-14(17-15)12-4-2-3-5-13(12)18(20)21/h2-9,14-15,17H,1H3/p+1/t14-,15-/m1/s1. The Labute approximate surface area is 126 Å². The third-order valence-electron chi connectivity index (χ3n) is 3.83. The van der Waals surface area contributed by atoms with E-state index >= 15 is 0 Å². The Morgan fingerprint density at radius 3 is 2.50 bits per heavy atom. The molecule has 6 heteroatoms. The van der Waals surface area contributed by atoms with E-state index in [9.17, 15) is 14.9 Å². The molecular formula is C16H15N2O4+. The fourth-order valence-corrected chi connectivity index (χ4v) is 2.59. The van der Waals surface area contributed by atoms with Crippen LogP contribution in [0.5, 0.6) is 5.75 Å². The number of hydrogen-bond acceptors (Lipinski definition) is 4. The number of ketones is 1. The van der Waals surface area contributed by atoms with Crippen molar-refractivity contribution in [3.63, 3.8) is 0 Å². The summed E-state index contributed by atoms with van der Waals surface area (Å²) in [7, 11) is 1.57. The number of nitro benzene ring substituents is 1. The van der Waals surface area contributed by atoms with Gasteiger partial charge in [0.2, 0.25) is 11.8 Å². The molecule has 1 aliphatic heterocycles. The summed E-state index contributed by atoms with van der Waals surface area (Å²) in [5.41, 5.74) is 1.25. The third kappa shape index (κ3) is 2.56. The molecule has 1 heterocycles. The Morgan fingerprint density at radius 2 is 1.86 bits per heavy atom. The number of nitro groups is 1. The van der Waals surface area contributed by atoms with Gasteiger partial charge in [0.05, 0.1) is 17.6 Å². The van der Waals surface area contributed by atoms with Gasteiger partial charge < -0.3 is 10.1 Å². The molecule has 1 fully saturated rings. The number of quaternary nitrogens is 1. The Balaban J connectivity index is 1.79. The highest BCUT2D eigenvalue weighted by Crippen LogP contribution is 2.30. The van der Waals surface area contributed by atoms with Gasteiger partial charge in [-0.1, -0.05) is 12.1 Å². The molecule has 3 rings (SSSR count). The third-order valence-corrected chi connectivity index (χ3v) is 3.83. The van der Waals surface area contributed by atoms with Crippen LogP contribution in [0.2, 0.25) is 0 Å². The molecule has 1 saturated heterocycles. The lowest BCUT2D eigenvalue weighted by Crippen LogP contribution is -2.62. The van der Waals surface area contributed by atoms with Crippen molar-refractivity contribution in [2.75, 3.05) is 7.11 Å². The summed E-state index contributed by atoms with van der Waals surface area (Å²) in [5.74, 6) is 0.664. The van der Waals surface area contributed by atoms with E-state index in [2.05, 4.69) is 0 Å². The van der Waals surface area contributed by atoms with Crippen molar-refractivity contribution in [3.8, 4) is 5.75 Å². The van der Waals surface area contributed by atoms with Crippen LogP contribution in [0.4, 0.5) is 5.69 Å². The molecule has 0 spiro atoms. The maximum Gasteiger partial charge on any atom is 0.278 e. The first-order chi connectivity index (χ1) is 10.6. The van der Waals surface area contributed by atoms with Crippen LogP contribution in [-0.4, -0.2) is 23.9 Å². The average Bonchev–Trinajstić information content (AvgIpc) is 3.34. The Bertz CT molecular complexity index is 727. The van der Waals surface area contributed by atoms with Gasteiger partial charge in [0.1, 0.15) is 5.75 Å². The quantitative estimate of drug-likeness (QED) is 0.392. The van der Waals surface area contributed by atoms with E-state index in [0.717, 1.165) is 0 Å². The van der Waals surface area contributed by atoms with Gasteiger partial charge in [0, 0.05) is 11.6 Å². The maximum absolute atomic E-state index is 12.4. The van der Waals surface area contributed by atoms with E-state index in [4.69, 9.17) is 4.74 Å². The van der Waals surface area contributed by atoms with Gasteiger partial charge in [0.15, 0.2) is 6.04 Å². The smallest absolute Gasteiger partial charge is 0.278 e. The van der Waals surface area contributed by atoms with Crippen molar-refractivity contribution in [1.29, 1.82) is 0 Å². The van der Waals surface area contributed by atoms with E-state index in [1.54, 1.807) is 49.6 Å². The van der Waals surface area contributed by atoms with Crippen molar-refractivity contribution >= 4 is 11.5 Å². The van der Waals surface area contributed by atoms with Crippen molar-refractivity contribution < 1.29 is 19.8 Å². The van der Waals surface area contributed by atoms with Crippen LogP contribution in [0.1, 0.15) is 22.0 Å². The van der Waals surface area contributed by atoms with E-state index in [0.29, 0.717) is 16.9 Å². The summed E-state index contributed by atoms with van der Waals surface area (Å²) in [6.07, 6.45) is 0. The van der Waals surface area contributed by atoms with Crippen LogP contribution in [0.3, 0.4) is 0 Å². The Morgan fingerprint density at radius 1 is 1.18 bits per heavy atom. The molecule has 1 aliphatic rings. The fraction of sp³-hybridized carbons (Fsp3) is 0.188. The van der Waals surface area contributed by atoms with Gasteiger partial charge in [-0.05, 0) is 30.3 Å². The minimum atomic E-state index is -0.406. The number of nitrogens with two attached hydrogens (primary N) is 1. The lowest BCUT2D eigenvalue weighted by atomic mass is 10.0. The predicted octanol–water partition coefficient (Wildman–Crippen LogP) is 1.47. The number of ether oxygens (including phenoxy) is 1. The molecule has 0 radical (unpaired) electrons. The molecule has 0 amide bonds. The summed E-state index contributed by atoms with van der Waals surface area (Å²) in [6, 6.07) is 13.0.